The molecule has 0 fully saturated rings. The Balaban J connectivity index is 2.05. The Bertz CT molecular complexity index is 439. The van der Waals surface area contributed by atoms with E-state index in [1.165, 1.54) is 37.7 Å². The number of hydrogen-bond donors (Lipinski definition) is 0. The van der Waals surface area contributed by atoms with E-state index in [2.05, 4.69) is 11.7 Å². The summed E-state index contributed by atoms with van der Waals surface area (Å²) in [5.41, 5.74) is 5.33. The molecule has 0 aliphatic heterocycles. The van der Waals surface area contributed by atoms with Gasteiger partial charge in [-0.05, 0) is 36.8 Å². The smallest absolute Gasteiger partial charge is 0.148 e. The van der Waals surface area contributed by atoms with Gasteiger partial charge in [-0.1, -0.05) is 23.7 Å². The molecule has 2 aliphatic carbocycles. The van der Waals surface area contributed by atoms with E-state index in [0.29, 0.717) is 0 Å². The van der Waals surface area contributed by atoms with Gasteiger partial charge in [0, 0.05) is 12.0 Å². The van der Waals surface area contributed by atoms with Gasteiger partial charge in [-0.25, -0.2) is 0 Å². The van der Waals surface area contributed by atoms with E-state index in [4.69, 9.17) is 4.52 Å². The molecule has 2 heteroatoms. The lowest BCUT2D eigenvalue weighted by atomic mass is 9.85. The molecule has 0 aromatic carbocycles. The molecule has 0 amide bonds. The molecule has 3 rings (SSSR count). The number of allylic oxidation sites excluding steroid dienone is 3. The SMILES string of the molecule is C=C1C2=C(CCCCC2)Cc2oncc21. The predicted octanol–water partition coefficient (Wildman–Crippen LogP) is 3.50. The van der Waals surface area contributed by atoms with Crippen molar-refractivity contribution in [3.8, 4) is 0 Å². The minimum atomic E-state index is 0.962. The van der Waals surface area contributed by atoms with E-state index >= 15 is 0 Å². The monoisotopic (exact) mass is 201 g/mol. The lowest BCUT2D eigenvalue weighted by Crippen LogP contribution is -2.04. The van der Waals surface area contributed by atoms with Crippen LogP contribution in [-0.4, -0.2) is 5.16 Å². The maximum absolute atomic E-state index is 5.27. The second kappa shape index (κ2) is 3.37. The Morgan fingerprint density at radius 2 is 2.07 bits per heavy atom. The Morgan fingerprint density at radius 1 is 1.20 bits per heavy atom. The summed E-state index contributed by atoms with van der Waals surface area (Å²) in [5, 5.41) is 3.87. The summed E-state index contributed by atoms with van der Waals surface area (Å²) >= 11 is 0. The largest absolute Gasteiger partial charge is 0.360 e. The van der Waals surface area contributed by atoms with Gasteiger partial charge in [-0.3, -0.25) is 0 Å². The first-order valence-corrected chi connectivity index (χ1v) is 5.70. The van der Waals surface area contributed by atoms with Crippen LogP contribution in [0, 0.1) is 0 Å². The Kier molecular flexibility index (Phi) is 2.01. The molecule has 2 nitrogen and oxygen atoms in total. The van der Waals surface area contributed by atoms with E-state index in [0.717, 1.165) is 23.3 Å². The number of nitrogens with zero attached hydrogens (tertiary/aromatic N) is 1. The van der Waals surface area contributed by atoms with Crippen LogP contribution in [0.25, 0.3) is 5.57 Å². The summed E-state index contributed by atoms with van der Waals surface area (Å²) in [6, 6.07) is 0. The molecule has 0 bridgehead atoms. The van der Waals surface area contributed by atoms with Crippen LogP contribution in [0.2, 0.25) is 0 Å². The highest BCUT2D eigenvalue weighted by atomic mass is 16.5. The van der Waals surface area contributed by atoms with Crippen LogP contribution in [0.1, 0.15) is 43.4 Å². The van der Waals surface area contributed by atoms with Gasteiger partial charge in [0.1, 0.15) is 5.76 Å². The van der Waals surface area contributed by atoms with Gasteiger partial charge in [0.2, 0.25) is 0 Å². The van der Waals surface area contributed by atoms with Crippen LogP contribution in [0.4, 0.5) is 0 Å². The summed E-state index contributed by atoms with van der Waals surface area (Å²) < 4.78 is 5.27. The molecular formula is C13H15NO. The third-order valence-electron chi connectivity index (χ3n) is 3.54. The Labute approximate surface area is 89.7 Å². The van der Waals surface area contributed by atoms with Crippen LogP contribution in [0.5, 0.6) is 0 Å². The standard InChI is InChI=1S/C13H15NO/c1-9-11-6-4-2-3-5-10(11)7-13-12(9)8-14-15-13/h8H,1-7H2. The molecule has 0 saturated carbocycles. The zero-order valence-corrected chi connectivity index (χ0v) is 8.88. The van der Waals surface area contributed by atoms with Crippen molar-refractivity contribution in [3.05, 3.63) is 35.2 Å². The average molecular weight is 201 g/mol. The summed E-state index contributed by atoms with van der Waals surface area (Å²) in [7, 11) is 0. The van der Waals surface area contributed by atoms with Crippen molar-refractivity contribution < 1.29 is 4.52 Å². The highest BCUT2D eigenvalue weighted by Crippen LogP contribution is 2.40. The molecule has 1 aromatic rings. The fourth-order valence-electron chi connectivity index (χ4n) is 2.70. The highest BCUT2D eigenvalue weighted by Gasteiger charge is 2.25. The summed E-state index contributed by atoms with van der Waals surface area (Å²) in [6.07, 6.45) is 9.15. The highest BCUT2D eigenvalue weighted by molar-refractivity contribution is 5.81. The average Bonchev–Trinajstić information content (AvgIpc) is 2.56. The molecule has 0 N–H and O–H groups in total. The fourth-order valence-corrected chi connectivity index (χ4v) is 2.70. The third-order valence-corrected chi connectivity index (χ3v) is 3.54. The predicted molar refractivity (Wildman–Crippen MR) is 59.4 cm³/mol. The lowest BCUT2D eigenvalue weighted by Gasteiger charge is -2.19. The van der Waals surface area contributed by atoms with Gasteiger partial charge in [0.25, 0.3) is 0 Å². The second-order valence-corrected chi connectivity index (χ2v) is 4.46. The van der Waals surface area contributed by atoms with Gasteiger partial charge in [0.05, 0.1) is 6.20 Å². The van der Waals surface area contributed by atoms with Crippen molar-refractivity contribution in [1.82, 2.24) is 5.16 Å². The number of aromatic nitrogens is 1. The van der Waals surface area contributed by atoms with Crippen LogP contribution in [0.3, 0.4) is 0 Å². The maximum atomic E-state index is 5.27. The quantitative estimate of drug-likeness (QED) is 0.642. The Morgan fingerprint density at radius 3 is 3.00 bits per heavy atom. The second-order valence-electron chi connectivity index (χ2n) is 4.46. The molecular weight excluding hydrogens is 186 g/mol. The van der Waals surface area contributed by atoms with E-state index in [-0.39, 0.29) is 0 Å². The van der Waals surface area contributed by atoms with E-state index in [1.54, 1.807) is 5.57 Å². The number of hydrogen-bond acceptors (Lipinski definition) is 2. The summed E-state index contributed by atoms with van der Waals surface area (Å²) in [4.78, 5) is 0. The zero-order valence-electron chi connectivity index (χ0n) is 8.88. The number of fused-ring (bicyclic) bond motifs is 1. The van der Waals surface area contributed by atoms with E-state index in [9.17, 15) is 0 Å². The van der Waals surface area contributed by atoms with Gasteiger partial charge in [-0.2, -0.15) is 0 Å². The minimum absolute atomic E-state index is 0.962. The van der Waals surface area contributed by atoms with Crippen molar-refractivity contribution in [3.63, 3.8) is 0 Å². The van der Waals surface area contributed by atoms with Crippen LogP contribution < -0.4 is 0 Å². The molecule has 0 spiro atoms. The molecule has 78 valence electrons. The first-order chi connectivity index (χ1) is 7.36. The van der Waals surface area contributed by atoms with E-state index in [1.807, 2.05) is 6.20 Å². The lowest BCUT2D eigenvalue weighted by molar-refractivity contribution is 0.386. The minimum Gasteiger partial charge on any atom is -0.360 e. The molecule has 0 unspecified atom stereocenters. The first-order valence-electron chi connectivity index (χ1n) is 5.70. The molecule has 0 atom stereocenters. The fraction of sp³-hybridized carbons (Fsp3) is 0.462. The van der Waals surface area contributed by atoms with Crippen molar-refractivity contribution in [2.24, 2.45) is 0 Å². The normalized spacial score (nSPS) is 20.9. The topological polar surface area (TPSA) is 26.0 Å². The van der Waals surface area contributed by atoms with Crippen LogP contribution >= 0.6 is 0 Å². The Hall–Kier alpha value is -1.31. The molecule has 15 heavy (non-hydrogen) atoms. The first kappa shape index (κ1) is 8.96. The summed E-state index contributed by atoms with van der Waals surface area (Å²) in [5.74, 6) is 1.01. The third kappa shape index (κ3) is 1.36. The molecule has 1 aromatic heterocycles. The van der Waals surface area contributed by atoms with Crippen molar-refractivity contribution in [2.75, 3.05) is 0 Å². The van der Waals surface area contributed by atoms with Gasteiger partial charge < -0.3 is 4.52 Å². The molecule has 1 heterocycles. The van der Waals surface area contributed by atoms with Gasteiger partial charge in [-0.15, -0.1) is 0 Å². The maximum Gasteiger partial charge on any atom is 0.148 e. The van der Waals surface area contributed by atoms with Crippen LogP contribution in [-0.2, 0) is 6.42 Å². The van der Waals surface area contributed by atoms with Crippen molar-refractivity contribution in [1.29, 1.82) is 0 Å². The zero-order chi connectivity index (χ0) is 10.3. The number of rotatable bonds is 0. The van der Waals surface area contributed by atoms with Crippen molar-refractivity contribution >= 4 is 5.57 Å². The van der Waals surface area contributed by atoms with Gasteiger partial charge in [0.15, 0.2) is 0 Å². The molecule has 0 saturated heterocycles. The van der Waals surface area contributed by atoms with Crippen LogP contribution in [0.15, 0.2) is 28.4 Å². The molecule has 0 radical (unpaired) electrons. The van der Waals surface area contributed by atoms with E-state index < -0.39 is 0 Å². The molecule has 2 aliphatic rings. The summed E-state index contributed by atoms with van der Waals surface area (Å²) in [6.45, 7) is 4.20. The van der Waals surface area contributed by atoms with Gasteiger partial charge >= 0.3 is 0 Å². The van der Waals surface area contributed by atoms with Crippen molar-refractivity contribution in [2.45, 2.75) is 38.5 Å².